The molecule has 0 bridgehead atoms. The Balaban J connectivity index is 1.81. The van der Waals surface area contributed by atoms with Crippen LogP contribution in [-0.4, -0.2) is 47.0 Å². The van der Waals surface area contributed by atoms with E-state index in [0.29, 0.717) is 30.5 Å². The molecule has 2 aromatic heterocycles. The third kappa shape index (κ3) is 3.83. The molecular weight excluding hydrogens is 314 g/mol. The number of aryl methyl sites for hydroxylation is 1. The van der Waals surface area contributed by atoms with E-state index in [2.05, 4.69) is 20.3 Å². The van der Waals surface area contributed by atoms with Gasteiger partial charge in [0.1, 0.15) is 17.5 Å². The Morgan fingerprint density at radius 3 is 2.74 bits per heavy atom. The van der Waals surface area contributed by atoms with E-state index in [9.17, 15) is 8.42 Å². The van der Waals surface area contributed by atoms with Crippen LogP contribution in [0.2, 0.25) is 0 Å². The molecule has 2 aromatic rings. The Hall–Kier alpha value is -2.06. The lowest BCUT2D eigenvalue weighted by Gasteiger charge is -2.14. The molecule has 0 aromatic carbocycles. The van der Waals surface area contributed by atoms with Crippen molar-refractivity contribution in [1.29, 1.82) is 0 Å². The van der Waals surface area contributed by atoms with E-state index in [4.69, 9.17) is 0 Å². The number of anilines is 2. The highest BCUT2D eigenvalue weighted by Crippen LogP contribution is 2.28. The molecule has 3 heterocycles. The van der Waals surface area contributed by atoms with E-state index in [1.807, 2.05) is 31.2 Å². The number of aromatic nitrogens is 3. The molecule has 122 valence electrons. The lowest BCUT2D eigenvalue weighted by molar-refractivity contribution is 0.477. The fraction of sp³-hybridized carbons (Fsp3) is 0.400. The van der Waals surface area contributed by atoms with Crippen molar-refractivity contribution >= 4 is 21.7 Å². The van der Waals surface area contributed by atoms with Crippen LogP contribution in [0.5, 0.6) is 0 Å². The summed E-state index contributed by atoms with van der Waals surface area (Å²) >= 11 is 0. The highest BCUT2D eigenvalue weighted by Gasteiger charge is 2.30. The molecule has 0 radical (unpaired) electrons. The van der Waals surface area contributed by atoms with Crippen LogP contribution in [0, 0.1) is 6.92 Å². The summed E-state index contributed by atoms with van der Waals surface area (Å²) in [6.45, 7) is 2.84. The number of sulfonamides is 1. The maximum Gasteiger partial charge on any atom is 0.211 e. The summed E-state index contributed by atoms with van der Waals surface area (Å²) in [7, 11) is -3.15. The van der Waals surface area contributed by atoms with Gasteiger partial charge in [-0.25, -0.2) is 27.7 Å². The van der Waals surface area contributed by atoms with E-state index in [-0.39, 0.29) is 5.92 Å². The van der Waals surface area contributed by atoms with Gasteiger partial charge >= 0.3 is 0 Å². The van der Waals surface area contributed by atoms with Crippen molar-refractivity contribution in [2.24, 2.45) is 0 Å². The molecule has 1 fully saturated rings. The molecule has 1 aliphatic heterocycles. The molecule has 1 aliphatic rings. The SMILES string of the molecule is Cc1nc(Nc2ccccn2)cc(C2CCN(S(C)(=O)=O)C2)n1. The largest absolute Gasteiger partial charge is 0.325 e. The molecule has 7 nitrogen and oxygen atoms in total. The van der Waals surface area contributed by atoms with Crippen LogP contribution in [0.1, 0.15) is 23.9 Å². The first kappa shape index (κ1) is 15.8. The summed E-state index contributed by atoms with van der Waals surface area (Å²) in [5.74, 6) is 2.12. The van der Waals surface area contributed by atoms with Gasteiger partial charge in [-0.15, -0.1) is 0 Å². The lowest BCUT2D eigenvalue weighted by atomic mass is 10.0. The quantitative estimate of drug-likeness (QED) is 0.916. The van der Waals surface area contributed by atoms with Crippen molar-refractivity contribution in [1.82, 2.24) is 19.3 Å². The van der Waals surface area contributed by atoms with Crippen LogP contribution >= 0.6 is 0 Å². The third-order valence-corrected chi connectivity index (χ3v) is 5.09. The van der Waals surface area contributed by atoms with Crippen LogP contribution in [0.15, 0.2) is 30.5 Å². The maximum atomic E-state index is 11.7. The van der Waals surface area contributed by atoms with Crippen LogP contribution < -0.4 is 5.32 Å². The summed E-state index contributed by atoms with van der Waals surface area (Å²) in [5, 5.41) is 3.16. The fourth-order valence-corrected chi connectivity index (χ4v) is 3.59. The van der Waals surface area contributed by atoms with Crippen molar-refractivity contribution in [3.05, 3.63) is 42.0 Å². The summed E-state index contributed by atoms with van der Waals surface area (Å²) < 4.78 is 24.8. The molecule has 23 heavy (non-hydrogen) atoms. The summed E-state index contributed by atoms with van der Waals surface area (Å²) in [5.41, 5.74) is 0.863. The highest BCUT2D eigenvalue weighted by molar-refractivity contribution is 7.88. The second-order valence-electron chi connectivity index (χ2n) is 5.67. The fourth-order valence-electron chi connectivity index (χ4n) is 2.70. The molecule has 1 N–H and O–H groups in total. The highest BCUT2D eigenvalue weighted by atomic mass is 32.2. The standard InChI is InChI=1S/C15H19N5O2S/c1-11-17-13(12-6-8-20(10-12)23(2,21)22)9-15(18-11)19-14-5-3-4-7-16-14/h3-5,7,9,12H,6,8,10H2,1-2H3,(H,16,17,18,19). The average molecular weight is 333 g/mol. The van der Waals surface area contributed by atoms with Gasteiger partial charge in [-0.2, -0.15) is 0 Å². The molecular formula is C15H19N5O2S. The van der Waals surface area contributed by atoms with E-state index in [1.54, 1.807) is 6.20 Å². The van der Waals surface area contributed by atoms with Gasteiger partial charge in [0.2, 0.25) is 10.0 Å². The van der Waals surface area contributed by atoms with Gasteiger partial charge in [0.05, 0.1) is 11.9 Å². The predicted molar refractivity (Wildman–Crippen MR) is 88.1 cm³/mol. The zero-order valence-electron chi connectivity index (χ0n) is 13.1. The first-order valence-electron chi connectivity index (χ1n) is 7.40. The molecule has 0 saturated carbocycles. The number of nitrogens with zero attached hydrogens (tertiary/aromatic N) is 4. The number of nitrogens with one attached hydrogen (secondary N) is 1. The molecule has 3 rings (SSSR count). The van der Waals surface area contributed by atoms with Crippen LogP contribution in [0.25, 0.3) is 0 Å². The van der Waals surface area contributed by atoms with Gasteiger partial charge in [-0.1, -0.05) is 6.07 Å². The molecule has 0 spiro atoms. The number of rotatable bonds is 4. The molecule has 1 atom stereocenters. The van der Waals surface area contributed by atoms with Crippen molar-refractivity contribution in [3.8, 4) is 0 Å². The van der Waals surface area contributed by atoms with Gasteiger partial charge in [0.25, 0.3) is 0 Å². The Kier molecular flexibility index (Phi) is 4.27. The smallest absolute Gasteiger partial charge is 0.211 e. The summed E-state index contributed by atoms with van der Waals surface area (Å²) in [6, 6.07) is 7.47. The van der Waals surface area contributed by atoms with Gasteiger partial charge in [0, 0.05) is 31.3 Å². The monoisotopic (exact) mass is 333 g/mol. The average Bonchev–Trinajstić information content (AvgIpc) is 2.97. The number of hydrogen-bond acceptors (Lipinski definition) is 6. The maximum absolute atomic E-state index is 11.7. The lowest BCUT2D eigenvalue weighted by Crippen LogP contribution is -2.27. The predicted octanol–water partition coefficient (Wildman–Crippen LogP) is 1.67. The third-order valence-electron chi connectivity index (χ3n) is 3.82. The zero-order valence-corrected chi connectivity index (χ0v) is 13.9. The minimum Gasteiger partial charge on any atom is -0.325 e. The minimum atomic E-state index is -3.15. The Morgan fingerprint density at radius 1 is 1.26 bits per heavy atom. The molecule has 0 aliphatic carbocycles. The van der Waals surface area contributed by atoms with Crippen molar-refractivity contribution in [3.63, 3.8) is 0 Å². The normalized spacial score (nSPS) is 19.0. The molecule has 1 unspecified atom stereocenters. The van der Waals surface area contributed by atoms with E-state index in [1.165, 1.54) is 10.6 Å². The van der Waals surface area contributed by atoms with Crippen LogP contribution in [0.3, 0.4) is 0 Å². The topological polar surface area (TPSA) is 88.1 Å². The molecule has 0 amide bonds. The number of hydrogen-bond donors (Lipinski definition) is 1. The van der Waals surface area contributed by atoms with Crippen LogP contribution in [0.4, 0.5) is 11.6 Å². The molecule has 1 saturated heterocycles. The Labute approximate surface area is 135 Å². The van der Waals surface area contributed by atoms with Crippen molar-refractivity contribution in [2.75, 3.05) is 24.7 Å². The summed E-state index contributed by atoms with van der Waals surface area (Å²) in [4.78, 5) is 13.1. The van der Waals surface area contributed by atoms with Gasteiger partial charge < -0.3 is 5.32 Å². The van der Waals surface area contributed by atoms with E-state index < -0.39 is 10.0 Å². The van der Waals surface area contributed by atoms with Gasteiger partial charge in [0.15, 0.2) is 0 Å². The Bertz CT molecular complexity index is 795. The minimum absolute atomic E-state index is 0.0932. The first-order valence-corrected chi connectivity index (χ1v) is 9.25. The van der Waals surface area contributed by atoms with Crippen molar-refractivity contribution in [2.45, 2.75) is 19.3 Å². The number of pyridine rings is 1. The molecule has 8 heteroatoms. The van der Waals surface area contributed by atoms with E-state index in [0.717, 1.165) is 12.1 Å². The van der Waals surface area contributed by atoms with E-state index >= 15 is 0 Å². The van der Waals surface area contributed by atoms with Crippen molar-refractivity contribution < 1.29 is 8.42 Å². The van der Waals surface area contributed by atoms with Gasteiger partial charge in [-0.3, -0.25) is 0 Å². The summed E-state index contributed by atoms with van der Waals surface area (Å²) in [6.07, 6.45) is 3.72. The second-order valence-corrected chi connectivity index (χ2v) is 7.65. The zero-order chi connectivity index (χ0) is 16.4. The Morgan fingerprint density at radius 2 is 2.09 bits per heavy atom. The van der Waals surface area contributed by atoms with Crippen LogP contribution in [-0.2, 0) is 10.0 Å². The first-order chi connectivity index (χ1) is 10.9. The van der Waals surface area contributed by atoms with Gasteiger partial charge in [-0.05, 0) is 25.5 Å². The second kappa shape index (κ2) is 6.21.